The van der Waals surface area contributed by atoms with Gasteiger partial charge in [0, 0.05) is 7.11 Å². The molecule has 5 heteroatoms. The number of nitrogens with zero attached hydrogens (tertiary/aromatic N) is 1. The summed E-state index contributed by atoms with van der Waals surface area (Å²) >= 11 is 0. The minimum atomic E-state index is -0.509. The third-order valence-corrected chi connectivity index (χ3v) is 4.30. The lowest BCUT2D eigenvalue weighted by Crippen LogP contribution is -2.52. The standard InChI is InChI=1S/C17H25FN2O2/c1-20(2)15(13-7-6-8-14(18)11-13)16(21)19-17(12-22-3)9-4-5-10-17/h6-8,11,15H,4-5,9-10,12H2,1-3H3,(H,19,21)/t15-/m1/s1. The predicted octanol–water partition coefficient (Wildman–Crippen LogP) is 2.50. The van der Waals surface area contributed by atoms with Crippen LogP contribution in [0.5, 0.6) is 0 Å². The Morgan fingerprint density at radius 3 is 2.64 bits per heavy atom. The van der Waals surface area contributed by atoms with Crippen LogP contribution in [0.4, 0.5) is 4.39 Å². The monoisotopic (exact) mass is 308 g/mol. The van der Waals surface area contributed by atoms with Crippen molar-refractivity contribution in [2.45, 2.75) is 37.3 Å². The van der Waals surface area contributed by atoms with Gasteiger partial charge in [-0.05, 0) is 44.6 Å². The quantitative estimate of drug-likeness (QED) is 0.878. The highest BCUT2D eigenvalue weighted by molar-refractivity contribution is 5.84. The van der Waals surface area contributed by atoms with E-state index < -0.39 is 6.04 Å². The van der Waals surface area contributed by atoms with Crippen LogP contribution in [-0.2, 0) is 9.53 Å². The van der Waals surface area contributed by atoms with E-state index in [1.165, 1.54) is 12.1 Å². The molecule has 1 fully saturated rings. The van der Waals surface area contributed by atoms with Crippen LogP contribution in [0.15, 0.2) is 24.3 Å². The predicted molar refractivity (Wildman–Crippen MR) is 84.0 cm³/mol. The summed E-state index contributed by atoms with van der Waals surface area (Å²) < 4.78 is 18.8. The Morgan fingerprint density at radius 1 is 1.41 bits per heavy atom. The Bertz CT molecular complexity index is 513. The maximum Gasteiger partial charge on any atom is 0.242 e. The van der Waals surface area contributed by atoms with Gasteiger partial charge in [-0.15, -0.1) is 0 Å². The molecule has 1 aromatic carbocycles. The summed E-state index contributed by atoms with van der Waals surface area (Å²) in [5.74, 6) is -0.431. The first kappa shape index (κ1) is 16.9. The van der Waals surface area contributed by atoms with Gasteiger partial charge in [0.05, 0.1) is 12.1 Å². The highest BCUT2D eigenvalue weighted by atomic mass is 19.1. The van der Waals surface area contributed by atoms with Crippen LogP contribution in [0, 0.1) is 5.82 Å². The summed E-state index contributed by atoms with van der Waals surface area (Å²) in [6.07, 6.45) is 4.04. The SMILES string of the molecule is COCC1(NC(=O)[C@@H](c2cccc(F)c2)N(C)C)CCCC1. The minimum absolute atomic E-state index is 0.102. The number of amides is 1. The molecular weight excluding hydrogens is 283 g/mol. The van der Waals surface area contributed by atoms with Crippen molar-refractivity contribution in [3.63, 3.8) is 0 Å². The van der Waals surface area contributed by atoms with Crippen LogP contribution in [0.1, 0.15) is 37.3 Å². The number of methoxy groups -OCH3 is 1. The molecule has 122 valence electrons. The van der Waals surface area contributed by atoms with Gasteiger partial charge in [-0.2, -0.15) is 0 Å². The largest absolute Gasteiger partial charge is 0.382 e. The van der Waals surface area contributed by atoms with Gasteiger partial charge in [-0.25, -0.2) is 4.39 Å². The number of carbonyl (C=O) groups excluding carboxylic acids is 1. The van der Waals surface area contributed by atoms with Crippen molar-refractivity contribution in [3.05, 3.63) is 35.6 Å². The number of carbonyl (C=O) groups is 1. The van der Waals surface area contributed by atoms with E-state index in [-0.39, 0.29) is 17.3 Å². The normalized spacial score (nSPS) is 18.4. The van der Waals surface area contributed by atoms with Crippen LogP contribution in [0.25, 0.3) is 0 Å². The van der Waals surface area contributed by atoms with E-state index >= 15 is 0 Å². The van der Waals surface area contributed by atoms with E-state index in [1.807, 2.05) is 14.1 Å². The van der Waals surface area contributed by atoms with Gasteiger partial charge in [0.2, 0.25) is 5.91 Å². The van der Waals surface area contributed by atoms with E-state index in [0.29, 0.717) is 12.2 Å². The van der Waals surface area contributed by atoms with Crippen LogP contribution in [0.2, 0.25) is 0 Å². The van der Waals surface area contributed by atoms with Gasteiger partial charge < -0.3 is 10.1 Å². The fourth-order valence-corrected chi connectivity index (χ4v) is 3.32. The Morgan fingerprint density at radius 2 is 2.09 bits per heavy atom. The average molecular weight is 308 g/mol. The van der Waals surface area contributed by atoms with Crippen LogP contribution < -0.4 is 5.32 Å². The molecule has 0 saturated heterocycles. The highest BCUT2D eigenvalue weighted by Crippen LogP contribution is 2.31. The Balaban J connectivity index is 2.19. The van der Waals surface area contributed by atoms with Crippen molar-refractivity contribution in [2.24, 2.45) is 0 Å². The summed E-state index contributed by atoms with van der Waals surface area (Å²) in [6, 6.07) is 5.71. The Kier molecular flexibility index (Phi) is 5.53. The van der Waals surface area contributed by atoms with E-state index in [2.05, 4.69) is 5.32 Å². The molecule has 4 nitrogen and oxygen atoms in total. The third kappa shape index (κ3) is 3.84. The second-order valence-electron chi connectivity index (χ2n) is 6.33. The zero-order valence-electron chi connectivity index (χ0n) is 13.6. The Hall–Kier alpha value is -1.46. The fraction of sp³-hybridized carbons (Fsp3) is 0.588. The maximum atomic E-state index is 13.5. The van der Waals surface area contributed by atoms with E-state index in [1.54, 1.807) is 24.1 Å². The zero-order chi connectivity index (χ0) is 16.2. The van der Waals surface area contributed by atoms with Gasteiger partial charge in [0.25, 0.3) is 0 Å². The molecule has 0 unspecified atom stereocenters. The molecule has 0 aliphatic heterocycles. The number of likely N-dealkylation sites (N-methyl/N-ethyl adjacent to an activating group) is 1. The summed E-state index contributed by atoms with van der Waals surface area (Å²) in [6.45, 7) is 0.516. The second-order valence-corrected chi connectivity index (χ2v) is 6.33. The molecule has 0 spiro atoms. The summed E-state index contributed by atoms with van der Waals surface area (Å²) in [5.41, 5.74) is 0.376. The van der Waals surface area contributed by atoms with Crippen LogP contribution in [-0.4, -0.2) is 44.2 Å². The molecule has 1 atom stereocenters. The molecule has 1 saturated carbocycles. The zero-order valence-corrected chi connectivity index (χ0v) is 13.6. The molecule has 0 radical (unpaired) electrons. The van der Waals surface area contributed by atoms with E-state index in [0.717, 1.165) is 25.7 Å². The number of hydrogen-bond donors (Lipinski definition) is 1. The third-order valence-electron chi connectivity index (χ3n) is 4.30. The minimum Gasteiger partial charge on any atom is -0.382 e. The van der Waals surface area contributed by atoms with Crippen LogP contribution >= 0.6 is 0 Å². The molecule has 1 aromatic rings. The number of nitrogens with one attached hydrogen (secondary N) is 1. The molecular formula is C17H25FN2O2. The van der Waals surface area contributed by atoms with E-state index in [4.69, 9.17) is 4.74 Å². The van der Waals surface area contributed by atoms with Crippen molar-refractivity contribution < 1.29 is 13.9 Å². The van der Waals surface area contributed by atoms with E-state index in [9.17, 15) is 9.18 Å². The van der Waals surface area contributed by atoms with Crippen molar-refractivity contribution in [2.75, 3.05) is 27.8 Å². The first-order valence-corrected chi connectivity index (χ1v) is 7.70. The van der Waals surface area contributed by atoms with Gasteiger partial charge in [-0.3, -0.25) is 9.69 Å². The van der Waals surface area contributed by atoms with Crippen molar-refractivity contribution in [1.29, 1.82) is 0 Å². The maximum absolute atomic E-state index is 13.5. The lowest BCUT2D eigenvalue weighted by molar-refractivity contribution is -0.128. The molecule has 1 aliphatic carbocycles. The molecule has 1 N–H and O–H groups in total. The molecule has 2 rings (SSSR count). The molecule has 0 bridgehead atoms. The van der Waals surface area contributed by atoms with Crippen molar-refractivity contribution in [3.8, 4) is 0 Å². The average Bonchev–Trinajstić information content (AvgIpc) is 2.87. The molecule has 1 amide bonds. The van der Waals surface area contributed by atoms with Gasteiger partial charge in [0.15, 0.2) is 0 Å². The smallest absolute Gasteiger partial charge is 0.242 e. The fourth-order valence-electron chi connectivity index (χ4n) is 3.32. The summed E-state index contributed by atoms with van der Waals surface area (Å²) in [4.78, 5) is 14.6. The summed E-state index contributed by atoms with van der Waals surface area (Å²) in [7, 11) is 5.31. The molecule has 22 heavy (non-hydrogen) atoms. The highest BCUT2D eigenvalue weighted by Gasteiger charge is 2.37. The van der Waals surface area contributed by atoms with Crippen LogP contribution in [0.3, 0.4) is 0 Å². The topological polar surface area (TPSA) is 41.6 Å². The second kappa shape index (κ2) is 7.20. The van der Waals surface area contributed by atoms with Gasteiger partial charge in [0.1, 0.15) is 11.9 Å². The number of hydrogen-bond acceptors (Lipinski definition) is 3. The van der Waals surface area contributed by atoms with Crippen molar-refractivity contribution in [1.82, 2.24) is 10.2 Å². The number of benzene rings is 1. The molecule has 1 aliphatic rings. The van der Waals surface area contributed by atoms with Crippen molar-refractivity contribution >= 4 is 5.91 Å². The molecule has 0 aromatic heterocycles. The Labute approximate surface area is 131 Å². The number of halogens is 1. The first-order chi connectivity index (χ1) is 10.5. The number of ether oxygens (including phenoxy) is 1. The summed E-state index contributed by atoms with van der Waals surface area (Å²) in [5, 5.41) is 3.16. The lowest BCUT2D eigenvalue weighted by Gasteiger charge is -2.33. The molecule has 0 heterocycles. The first-order valence-electron chi connectivity index (χ1n) is 7.70. The number of rotatable bonds is 6. The lowest BCUT2D eigenvalue weighted by atomic mass is 9.96. The van der Waals surface area contributed by atoms with Gasteiger partial charge >= 0.3 is 0 Å². The van der Waals surface area contributed by atoms with Gasteiger partial charge in [-0.1, -0.05) is 25.0 Å².